The van der Waals surface area contributed by atoms with Gasteiger partial charge >= 0.3 is 0 Å². The molecule has 0 saturated carbocycles. The lowest BCUT2D eigenvalue weighted by Gasteiger charge is -2.18. The standard InChI is InChI=1S/C27H31N3O5S/c1-18(2)19-9-11-20(12-10-19)27-29-23-16-21(17-24(34-4)25(23)30(27)14-15-33-3)26(35-36(5,31)32)22-8-6-7-13-28-22/h6-13,16-18,26H,14-15H2,1-5H3. The number of imidazole rings is 1. The molecule has 0 spiro atoms. The fourth-order valence-electron chi connectivity index (χ4n) is 4.18. The molecule has 0 radical (unpaired) electrons. The van der Waals surface area contributed by atoms with Gasteiger partial charge in [0.1, 0.15) is 23.2 Å². The highest BCUT2D eigenvalue weighted by molar-refractivity contribution is 7.86. The van der Waals surface area contributed by atoms with E-state index >= 15 is 0 Å². The first kappa shape index (κ1) is 25.8. The number of hydrogen-bond acceptors (Lipinski definition) is 7. The lowest BCUT2D eigenvalue weighted by Crippen LogP contribution is -2.13. The predicted molar refractivity (Wildman–Crippen MR) is 140 cm³/mol. The average molecular weight is 510 g/mol. The zero-order valence-electron chi connectivity index (χ0n) is 21.1. The van der Waals surface area contributed by atoms with E-state index in [2.05, 4.69) is 47.7 Å². The second-order valence-corrected chi connectivity index (χ2v) is 10.5. The van der Waals surface area contributed by atoms with Crippen LogP contribution in [0.15, 0.2) is 60.8 Å². The summed E-state index contributed by atoms with van der Waals surface area (Å²) in [6.45, 7) is 5.37. The molecule has 0 aliphatic carbocycles. The maximum absolute atomic E-state index is 12.1. The molecule has 2 heterocycles. The highest BCUT2D eigenvalue weighted by Gasteiger charge is 2.25. The Morgan fingerprint density at radius 1 is 1.00 bits per heavy atom. The minimum absolute atomic E-state index is 0.424. The van der Waals surface area contributed by atoms with Crippen molar-refractivity contribution in [3.63, 3.8) is 0 Å². The Kier molecular flexibility index (Phi) is 7.73. The lowest BCUT2D eigenvalue weighted by molar-refractivity contribution is 0.188. The zero-order chi connectivity index (χ0) is 25.9. The third-order valence-electron chi connectivity index (χ3n) is 5.93. The summed E-state index contributed by atoms with van der Waals surface area (Å²) in [5, 5.41) is 0. The first-order chi connectivity index (χ1) is 17.2. The highest BCUT2D eigenvalue weighted by Crippen LogP contribution is 2.37. The van der Waals surface area contributed by atoms with Gasteiger partial charge in [0.2, 0.25) is 0 Å². The van der Waals surface area contributed by atoms with Crippen molar-refractivity contribution in [2.75, 3.05) is 27.1 Å². The van der Waals surface area contributed by atoms with Crippen LogP contribution in [0.5, 0.6) is 5.75 Å². The minimum Gasteiger partial charge on any atom is -0.494 e. The van der Waals surface area contributed by atoms with Gasteiger partial charge in [-0.2, -0.15) is 8.42 Å². The van der Waals surface area contributed by atoms with Gasteiger partial charge in [-0.15, -0.1) is 0 Å². The van der Waals surface area contributed by atoms with Crippen molar-refractivity contribution in [1.29, 1.82) is 0 Å². The van der Waals surface area contributed by atoms with E-state index < -0.39 is 16.2 Å². The van der Waals surface area contributed by atoms with Crippen LogP contribution in [-0.4, -0.2) is 50.0 Å². The molecule has 4 rings (SSSR count). The molecule has 4 aromatic rings. The number of benzene rings is 2. The number of nitrogens with zero attached hydrogens (tertiary/aromatic N) is 3. The van der Waals surface area contributed by atoms with Crippen LogP contribution in [0.1, 0.15) is 42.7 Å². The molecule has 1 unspecified atom stereocenters. The van der Waals surface area contributed by atoms with E-state index in [9.17, 15) is 8.42 Å². The molecule has 0 N–H and O–H groups in total. The molecular weight excluding hydrogens is 478 g/mol. The predicted octanol–water partition coefficient (Wildman–Crippen LogP) is 4.94. The van der Waals surface area contributed by atoms with Crippen molar-refractivity contribution >= 4 is 21.2 Å². The zero-order valence-corrected chi connectivity index (χ0v) is 22.0. The summed E-state index contributed by atoms with van der Waals surface area (Å²) in [4.78, 5) is 9.29. The molecule has 0 aliphatic heterocycles. The molecule has 2 aromatic carbocycles. The third-order valence-corrected chi connectivity index (χ3v) is 6.48. The maximum Gasteiger partial charge on any atom is 0.265 e. The third kappa shape index (κ3) is 5.59. The Hall–Kier alpha value is -3.27. The summed E-state index contributed by atoms with van der Waals surface area (Å²) >= 11 is 0. The molecule has 190 valence electrons. The summed E-state index contributed by atoms with van der Waals surface area (Å²) in [7, 11) is -0.546. The van der Waals surface area contributed by atoms with Crippen LogP contribution in [0, 0.1) is 0 Å². The first-order valence-corrected chi connectivity index (χ1v) is 13.5. The van der Waals surface area contributed by atoms with E-state index in [1.807, 2.05) is 6.07 Å². The molecule has 2 aromatic heterocycles. The minimum atomic E-state index is -3.78. The van der Waals surface area contributed by atoms with Crippen LogP contribution >= 0.6 is 0 Å². The van der Waals surface area contributed by atoms with E-state index in [-0.39, 0.29) is 0 Å². The topological polar surface area (TPSA) is 92.5 Å². The van der Waals surface area contributed by atoms with Crippen molar-refractivity contribution in [2.24, 2.45) is 0 Å². The molecular formula is C27H31N3O5S. The number of fused-ring (bicyclic) bond motifs is 1. The van der Waals surface area contributed by atoms with Crippen molar-refractivity contribution < 1.29 is 22.1 Å². The van der Waals surface area contributed by atoms with Gasteiger partial charge in [-0.25, -0.2) is 4.98 Å². The lowest BCUT2D eigenvalue weighted by atomic mass is 10.0. The van der Waals surface area contributed by atoms with Gasteiger partial charge in [0.05, 0.1) is 31.2 Å². The van der Waals surface area contributed by atoms with Crippen molar-refractivity contribution in [3.8, 4) is 17.1 Å². The molecule has 0 bridgehead atoms. The molecule has 0 aliphatic rings. The Bertz CT molecular complexity index is 1430. The largest absolute Gasteiger partial charge is 0.494 e. The van der Waals surface area contributed by atoms with Gasteiger partial charge in [0, 0.05) is 25.4 Å². The van der Waals surface area contributed by atoms with Crippen LogP contribution in [0.4, 0.5) is 0 Å². The number of rotatable bonds is 10. The van der Waals surface area contributed by atoms with Crippen LogP contribution < -0.4 is 4.74 Å². The summed E-state index contributed by atoms with van der Waals surface area (Å²) < 4.78 is 43.0. The fourth-order valence-corrected chi connectivity index (χ4v) is 4.74. The summed E-state index contributed by atoms with van der Waals surface area (Å²) in [6, 6.07) is 17.2. The second kappa shape index (κ2) is 10.8. The van der Waals surface area contributed by atoms with E-state index in [1.165, 1.54) is 5.56 Å². The quantitative estimate of drug-likeness (QED) is 0.280. The van der Waals surface area contributed by atoms with Gasteiger partial charge in [-0.3, -0.25) is 9.17 Å². The monoisotopic (exact) mass is 509 g/mol. The number of aromatic nitrogens is 3. The molecule has 9 heteroatoms. The Balaban J connectivity index is 1.92. The Labute approximate surface area is 212 Å². The van der Waals surface area contributed by atoms with E-state index in [1.54, 1.807) is 44.7 Å². The van der Waals surface area contributed by atoms with E-state index in [4.69, 9.17) is 18.6 Å². The number of methoxy groups -OCH3 is 2. The van der Waals surface area contributed by atoms with Crippen molar-refractivity contribution in [2.45, 2.75) is 32.4 Å². The van der Waals surface area contributed by atoms with Crippen LogP contribution in [0.25, 0.3) is 22.4 Å². The van der Waals surface area contributed by atoms with E-state index in [0.717, 1.165) is 23.2 Å². The smallest absolute Gasteiger partial charge is 0.265 e. The van der Waals surface area contributed by atoms with Gasteiger partial charge in [0.15, 0.2) is 0 Å². The highest BCUT2D eigenvalue weighted by atomic mass is 32.2. The molecule has 0 amide bonds. The molecule has 36 heavy (non-hydrogen) atoms. The van der Waals surface area contributed by atoms with Crippen molar-refractivity contribution in [3.05, 3.63) is 77.6 Å². The summed E-state index contributed by atoms with van der Waals surface area (Å²) in [6.07, 6.45) is 1.68. The van der Waals surface area contributed by atoms with Gasteiger partial charge < -0.3 is 14.0 Å². The first-order valence-electron chi connectivity index (χ1n) is 11.7. The Morgan fingerprint density at radius 3 is 2.33 bits per heavy atom. The summed E-state index contributed by atoms with van der Waals surface area (Å²) in [5.41, 5.74) is 4.69. The average Bonchev–Trinajstić information content (AvgIpc) is 3.24. The van der Waals surface area contributed by atoms with Crippen LogP contribution in [-0.2, 0) is 25.6 Å². The van der Waals surface area contributed by atoms with Crippen molar-refractivity contribution in [1.82, 2.24) is 14.5 Å². The van der Waals surface area contributed by atoms with Crippen LogP contribution in [0.3, 0.4) is 0 Å². The molecule has 8 nitrogen and oxygen atoms in total. The van der Waals surface area contributed by atoms with Crippen LogP contribution in [0.2, 0.25) is 0 Å². The maximum atomic E-state index is 12.1. The molecule has 0 fully saturated rings. The van der Waals surface area contributed by atoms with Gasteiger partial charge in [-0.05, 0) is 41.3 Å². The SMILES string of the molecule is COCCn1c(-c2ccc(C(C)C)cc2)nc2cc(C(OS(C)(=O)=O)c3ccccn3)cc(OC)c21. The van der Waals surface area contributed by atoms with Gasteiger partial charge in [0.25, 0.3) is 10.1 Å². The summed E-state index contributed by atoms with van der Waals surface area (Å²) in [5.74, 6) is 1.74. The molecule has 0 saturated heterocycles. The fraction of sp³-hybridized carbons (Fsp3) is 0.333. The Morgan fingerprint density at radius 2 is 1.75 bits per heavy atom. The number of hydrogen-bond donors (Lipinski definition) is 0. The van der Waals surface area contributed by atoms with Gasteiger partial charge in [-0.1, -0.05) is 44.2 Å². The number of pyridine rings is 1. The molecule has 1 atom stereocenters. The number of ether oxygens (including phenoxy) is 2. The second-order valence-electron chi connectivity index (χ2n) is 8.88. The normalized spacial score (nSPS) is 12.8. The van der Waals surface area contributed by atoms with E-state index in [0.29, 0.717) is 41.6 Å².